The molecular formula is C10H14N2O4S. The molecule has 0 bridgehead atoms. The lowest BCUT2D eigenvalue weighted by atomic mass is 10.4. The van der Waals surface area contributed by atoms with Crippen LogP contribution in [0.2, 0.25) is 0 Å². The minimum absolute atomic E-state index is 0.0707. The van der Waals surface area contributed by atoms with E-state index in [4.69, 9.17) is 5.11 Å². The van der Waals surface area contributed by atoms with Crippen LogP contribution in [0.25, 0.3) is 0 Å². The van der Waals surface area contributed by atoms with Gasteiger partial charge in [-0.2, -0.15) is 4.31 Å². The number of hydrogen-bond acceptors (Lipinski definition) is 3. The highest BCUT2D eigenvalue weighted by molar-refractivity contribution is 7.89. The van der Waals surface area contributed by atoms with Crippen molar-refractivity contribution in [3.05, 3.63) is 30.1 Å². The average Bonchev–Trinajstić information content (AvgIpc) is 2.65. The predicted octanol–water partition coefficient (Wildman–Crippen LogP) is 0.909. The molecule has 0 atom stereocenters. The molecule has 0 saturated heterocycles. The highest BCUT2D eigenvalue weighted by atomic mass is 32.2. The first-order valence-electron chi connectivity index (χ1n) is 4.77. The number of aromatic nitrogens is 1. The van der Waals surface area contributed by atoms with Crippen molar-refractivity contribution in [1.82, 2.24) is 9.29 Å². The summed E-state index contributed by atoms with van der Waals surface area (Å²) in [6.07, 6.45) is 1.16. The van der Waals surface area contributed by atoms with Gasteiger partial charge in [-0.05, 0) is 13.0 Å². The van der Waals surface area contributed by atoms with Crippen LogP contribution in [-0.2, 0) is 10.0 Å². The lowest BCUT2D eigenvalue weighted by Gasteiger charge is -2.15. The molecular weight excluding hydrogens is 244 g/mol. The monoisotopic (exact) mass is 258 g/mol. The van der Waals surface area contributed by atoms with Crippen LogP contribution < -0.4 is 0 Å². The van der Waals surface area contributed by atoms with E-state index in [1.54, 1.807) is 6.92 Å². The second kappa shape index (κ2) is 4.72. The first kappa shape index (κ1) is 13.5. The largest absolute Gasteiger partial charge is 0.477 e. The van der Waals surface area contributed by atoms with Crippen molar-refractivity contribution in [2.45, 2.75) is 11.8 Å². The first-order chi connectivity index (χ1) is 7.75. The lowest BCUT2D eigenvalue weighted by Crippen LogP contribution is -2.28. The molecule has 1 aromatic heterocycles. The van der Waals surface area contributed by atoms with Gasteiger partial charge in [-0.15, -0.1) is 0 Å². The van der Waals surface area contributed by atoms with E-state index in [-0.39, 0.29) is 17.1 Å². The van der Waals surface area contributed by atoms with Gasteiger partial charge in [0.2, 0.25) is 10.0 Å². The molecule has 0 spiro atoms. The number of carboxylic acid groups (broad SMARTS) is 1. The standard InChI is InChI=1S/C10H14N2O4S/c1-7(2)6-12(3)17(15,16)8-4-9(10(13)14)11-5-8/h4-5,11H,1,6H2,2-3H3,(H,13,14). The first-order valence-corrected chi connectivity index (χ1v) is 6.21. The summed E-state index contributed by atoms with van der Waals surface area (Å²) in [5.41, 5.74) is 0.539. The zero-order valence-corrected chi connectivity index (χ0v) is 10.4. The maximum absolute atomic E-state index is 12.0. The highest BCUT2D eigenvalue weighted by Crippen LogP contribution is 2.16. The van der Waals surface area contributed by atoms with Gasteiger partial charge in [0.25, 0.3) is 0 Å². The van der Waals surface area contributed by atoms with E-state index in [1.165, 1.54) is 7.05 Å². The van der Waals surface area contributed by atoms with E-state index in [0.29, 0.717) is 5.57 Å². The SMILES string of the molecule is C=C(C)CN(C)S(=O)(=O)c1c[nH]c(C(=O)O)c1. The number of carbonyl (C=O) groups is 1. The Balaban J connectivity index is 3.04. The van der Waals surface area contributed by atoms with Gasteiger partial charge in [0, 0.05) is 19.8 Å². The third kappa shape index (κ3) is 2.95. The molecule has 0 saturated carbocycles. The van der Waals surface area contributed by atoms with Crippen LogP contribution in [0.15, 0.2) is 29.3 Å². The smallest absolute Gasteiger partial charge is 0.352 e. The van der Waals surface area contributed by atoms with Gasteiger partial charge in [-0.25, -0.2) is 13.2 Å². The molecule has 6 nitrogen and oxygen atoms in total. The minimum atomic E-state index is -3.67. The predicted molar refractivity (Wildman–Crippen MR) is 62.4 cm³/mol. The molecule has 1 heterocycles. The van der Waals surface area contributed by atoms with Crippen molar-refractivity contribution >= 4 is 16.0 Å². The Kier molecular flexibility index (Phi) is 3.74. The maximum atomic E-state index is 12.0. The van der Waals surface area contributed by atoms with Crippen molar-refractivity contribution < 1.29 is 18.3 Å². The van der Waals surface area contributed by atoms with Crippen LogP contribution in [0.1, 0.15) is 17.4 Å². The van der Waals surface area contributed by atoms with Crippen molar-refractivity contribution in [2.24, 2.45) is 0 Å². The molecule has 0 aliphatic rings. The average molecular weight is 258 g/mol. The van der Waals surface area contributed by atoms with E-state index in [9.17, 15) is 13.2 Å². The molecule has 17 heavy (non-hydrogen) atoms. The van der Waals surface area contributed by atoms with Gasteiger partial charge in [0.1, 0.15) is 10.6 Å². The molecule has 0 aromatic carbocycles. The topological polar surface area (TPSA) is 90.5 Å². The highest BCUT2D eigenvalue weighted by Gasteiger charge is 2.23. The number of carboxylic acids is 1. The molecule has 0 aliphatic heterocycles. The van der Waals surface area contributed by atoms with Crippen LogP contribution in [-0.4, -0.2) is 42.4 Å². The summed E-state index contributed by atoms with van der Waals surface area (Å²) in [7, 11) is -2.25. The second-order valence-corrected chi connectivity index (χ2v) is 5.82. The van der Waals surface area contributed by atoms with Crippen LogP contribution in [0.3, 0.4) is 0 Å². The summed E-state index contributed by atoms with van der Waals surface area (Å²) in [5, 5.41) is 8.69. The Morgan fingerprint density at radius 2 is 2.18 bits per heavy atom. The molecule has 0 radical (unpaired) electrons. The third-order valence-electron chi connectivity index (χ3n) is 2.09. The number of H-pyrrole nitrogens is 1. The Labute approximate surface area is 99.6 Å². The number of sulfonamides is 1. The molecule has 0 aliphatic carbocycles. The van der Waals surface area contributed by atoms with Crippen LogP contribution in [0.4, 0.5) is 0 Å². The Hall–Kier alpha value is -1.60. The van der Waals surface area contributed by atoms with E-state index < -0.39 is 16.0 Å². The summed E-state index contributed by atoms with van der Waals surface area (Å²) < 4.78 is 25.1. The zero-order chi connectivity index (χ0) is 13.2. The molecule has 0 unspecified atom stereocenters. The quantitative estimate of drug-likeness (QED) is 0.768. The number of aromatic amines is 1. The van der Waals surface area contributed by atoms with E-state index in [2.05, 4.69) is 11.6 Å². The molecule has 0 fully saturated rings. The summed E-state index contributed by atoms with van der Waals surface area (Å²) in [6, 6.07) is 1.09. The molecule has 94 valence electrons. The van der Waals surface area contributed by atoms with Gasteiger partial charge in [-0.1, -0.05) is 12.2 Å². The third-order valence-corrected chi connectivity index (χ3v) is 3.87. The van der Waals surface area contributed by atoms with Crippen LogP contribution >= 0.6 is 0 Å². The maximum Gasteiger partial charge on any atom is 0.352 e. The lowest BCUT2D eigenvalue weighted by molar-refractivity contribution is 0.0691. The number of nitrogens with one attached hydrogen (secondary N) is 1. The van der Waals surface area contributed by atoms with E-state index in [0.717, 1.165) is 16.6 Å². The summed E-state index contributed by atoms with van der Waals surface area (Å²) >= 11 is 0. The molecule has 1 aromatic rings. The van der Waals surface area contributed by atoms with Gasteiger partial charge >= 0.3 is 5.97 Å². The van der Waals surface area contributed by atoms with Crippen LogP contribution in [0.5, 0.6) is 0 Å². The van der Waals surface area contributed by atoms with E-state index in [1.807, 2.05) is 0 Å². The Morgan fingerprint density at radius 1 is 1.59 bits per heavy atom. The van der Waals surface area contributed by atoms with Crippen molar-refractivity contribution in [2.75, 3.05) is 13.6 Å². The fraction of sp³-hybridized carbons (Fsp3) is 0.300. The van der Waals surface area contributed by atoms with Crippen molar-refractivity contribution in [3.8, 4) is 0 Å². The van der Waals surface area contributed by atoms with Gasteiger partial charge in [0.15, 0.2) is 0 Å². The summed E-state index contributed by atoms with van der Waals surface area (Å²) in [4.78, 5) is 13.0. The molecule has 1 rings (SSSR count). The van der Waals surface area contributed by atoms with Gasteiger partial charge < -0.3 is 10.1 Å². The Bertz CT molecular complexity index is 544. The van der Waals surface area contributed by atoms with Crippen LogP contribution in [0, 0.1) is 0 Å². The van der Waals surface area contributed by atoms with E-state index >= 15 is 0 Å². The fourth-order valence-corrected chi connectivity index (χ4v) is 2.52. The fourth-order valence-electron chi connectivity index (χ4n) is 1.29. The number of aromatic carboxylic acids is 1. The van der Waals surface area contributed by atoms with Gasteiger partial charge in [0.05, 0.1) is 0 Å². The second-order valence-electron chi connectivity index (χ2n) is 3.77. The normalized spacial score (nSPS) is 11.7. The molecule has 7 heteroatoms. The van der Waals surface area contributed by atoms with Crippen molar-refractivity contribution in [3.63, 3.8) is 0 Å². The number of likely N-dealkylation sites (N-methyl/N-ethyl adjacent to an activating group) is 1. The summed E-state index contributed by atoms with van der Waals surface area (Å²) in [6.45, 7) is 5.53. The minimum Gasteiger partial charge on any atom is -0.477 e. The number of hydrogen-bond donors (Lipinski definition) is 2. The number of rotatable bonds is 5. The molecule has 2 N–H and O–H groups in total. The molecule has 0 amide bonds. The zero-order valence-electron chi connectivity index (χ0n) is 9.60. The van der Waals surface area contributed by atoms with Gasteiger partial charge in [-0.3, -0.25) is 0 Å². The van der Waals surface area contributed by atoms with Crippen molar-refractivity contribution in [1.29, 1.82) is 0 Å². The number of nitrogens with zero attached hydrogens (tertiary/aromatic N) is 1. The Morgan fingerprint density at radius 3 is 2.59 bits per heavy atom. The summed E-state index contributed by atoms with van der Waals surface area (Å²) in [5.74, 6) is -1.20.